The number of nitrogens with one attached hydrogen (secondary N) is 2. The van der Waals surface area contributed by atoms with Crippen molar-refractivity contribution >= 4 is 5.82 Å². The Bertz CT molecular complexity index is 374. The third-order valence-electron chi connectivity index (χ3n) is 3.10. The van der Waals surface area contributed by atoms with Gasteiger partial charge < -0.3 is 10.6 Å². The van der Waals surface area contributed by atoms with Gasteiger partial charge in [-0.3, -0.25) is 0 Å². The molecule has 0 aliphatic carbocycles. The minimum absolute atomic E-state index is 1.01. The lowest BCUT2D eigenvalue weighted by atomic mass is 10.1. The molecule has 0 amide bonds. The number of unbranched alkanes of at least 4 members (excludes halogenated alkanes) is 1. The van der Waals surface area contributed by atoms with E-state index in [0.717, 1.165) is 31.7 Å². The molecule has 92 valence electrons. The van der Waals surface area contributed by atoms with Crippen LogP contribution in [-0.4, -0.2) is 18.1 Å². The van der Waals surface area contributed by atoms with Crippen LogP contribution in [0.25, 0.3) is 0 Å². The van der Waals surface area contributed by atoms with E-state index in [1.165, 1.54) is 30.5 Å². The SMILES string of the molecule is C=CNCCCCc1ccc2c(n1)NCCC2. The van der Waals surface area contributed by atoms with Crippen LogP contribution in [0.2, 0.25) is 0 Å². The number of aromatic nitrogens is 1. The van der Waals surface area contributed by atoms with Gasteiger partial charge in [0, 0.05) is 18.8 Å². The fraction of sp³-hybridized carbons (Fsp3) is 0.500. The molecule has 1 aromatic rings. The summed E-state index contributed by atoms with van der Waals surface area (Å²) in [5.74, 6) is 1.11. The molecule has 0 saturated heterocycles. The quantitative estimate of drug-likeness (QED) is 0.739. The van der Waals surface area contributed by atoms with Crippen molar-refractivity contribution in [2.24, 2.45) is 0 Å². The van der Waals surface area contributed by atoms with Crippen molar-refractivity contribution in [3.05, 3.63) is 36.2 Å². The van der Waals surface area contributed by atoms with E-state index in [-0.39, 0.29) is 0 Å². The maximum Gasteiger partial charge on any atom is 0.129 e. The zero-order chi connectivity index (χ0) is 11.9. The van der Waals surface area contributed by atoms with Gasteiger partial charge in [0.1, 0.15) is 5.82 Å². The molecule has 0 aromatic carbocycles. The Hall–Kier alpha value is -1.51. The number of fused-ring (bicyclic) bond motifs is 1. The molecule has 3 nitrogen and oxygen atoms in total. The molecule has 2 heterocycles. The number of anilines is 1. The smallest absolute Gasteiger partial charge is 0.129 e. The Morgan fingerprint density at radius 1 is 1.41 bits per heavy atom. The van der Waals surface area contributed by atoms with Crippen LogP contribution in [0.5, 0.6) is 0 Å². The normalized spacial score (nSPS) is 13.6. The molecule has 0 saturated carbocycles. The lowest BCUT2D eigenvalue weighted by Crippen LogP contribution is -2.14. The highest BCUT2D eigenvalue weighted by molar-refractivity contribution is 5.46. The summed E-state index contributed by atoms with van der Waals surface area (Å²) in [6.45, 7) is 5.70. The fourth-order valence-electron chi connectivity index (χ4n) is 2.14. The van der Waals surface area contributed by atoms with E-state index >= 15 is 0 Å². The standard InChI is InChI=1S/C14H21N3/c1-2-15-10-4-3-7-13-9-8-12-6-5-11-16-14(12)17-13/h2,8-9,15H,1,3-7,10-11H2,(H,16,17). The Morgan fingerprint density at radius 3 is 3.24 bits per heavy atom. The topological polar surface area (TPSA) is 37.0 Å². The monoisotopic (exact) mass is 231 g/mol. The van der Waals surface area contributed by atoms with Crippen molar-refractivity contribution in [2.75, 3.05) is 18.4 Å². The van der Waals surface area contributed by atoms with Gasteiger partial charge >= 0.3 is 0 Å². The fourth-order valence-corrected chi connectivity index (χ4v) is 2.14. The predicted octanol–water partition coefficient (Wildman–Crippen LogP) is 2.50. The van der Waals surface area contributed by atoms with Crippen LogP contribution < -0.4 is 10.6 Å². The molecular formula is C14H21N3. The van der Waals surface area contributed by atoms with Gasteiger partial charge in [-0.25, -0.2) is 4.98 Å². The molecule has 17 heavy (non-hydrogen) atoms. The third-order valence-corrected chi connectivity index (χ3v) is 3.10. The Morgan fingerprint density at radius 2 is 2.35 bits per heavy atom. The summed E-state index contributed by atoms with van der Waals surface area (Å²) in [6, 6.07) is 4.40. The minimum Gasteiger partial charge on any atom is -0.391 e. The number of hydrogen-bond acceptors (Lipinski definition) is 3. The summed E-state index contributed by atoms with van der Waals surface area (Å²) in [5.41, 5.74) is 2.57. The largest absolute Gasteiger partial charge is 0.391 e. The number of aryl methyl sites for hydroxylation is 2. The van der Waals surface area contributed by atoms with Gasteiger partial charge in [0.15, 0.2) is 0 Å². The summed E-state index contributed by atoms with van der Waals surface area (Å²) in [6.07, 6.45) is 7.54. The molecular weight excluding hydrogens is 210 g/mol. The number of rotatable bonds is 6. The Kier molecular flexibility index (Phi) is 4.42. The summed E-state index contributed by atoms with van der Waals surface area (Å²) in [5, 5.41) is 6.49. The van der Waals surface area contributed by atoms with Crippen LogP contribution >= 0.6 is 0 Å². The van der Waals surface area contributed by atoms with Gasteiger partial charge in [-0.1, -0.05) is 12.6 Å². The second kappa shape index (κ2) is 6.28. The molecule has 1 aliphatic rings. The summed E-state index contributed by atoms with van der Waals surface area (Å²) >= 11 is 0. The van der Waals surface area contributed by atoms with Crippen LogP contribution in [0.15, 0.2) is 24.9 Å². The van der Waals surface area contributed by atoms with Crippen LogP contribution in [0.4, 0.5) is 5.82 Å². The highest BCUT2D eigenvalue weighted by atomic mass is 15.0. The lowest BCUT2D eigenvalue weighted by Gasteiger charge is -2.17. The van der Waals surface area contributed by atoms with Crippen molar-refractivity contribution < 1.29 is 0 Å². The van der Waals surface area contributed by atoms with Crippen molar-refractivity contribution in [1.29, 1.82) is 0 Å². The first-order valence-electron chi connectivity index (χ1n) is 6.47. The molecule has 1 aliphatic heterocycles. The molecule has 0 bridgehead atoms. The van der Waals surface area contributed by atoms with Crippen LogP contribution in [-0.2, 0) is 12.8 Å². The summed E-state index contributed by atoms with van der Waals surface area (Å²) in [7, 11) is 0. The van der Waals surface area contributed by atoms with E-state index < -0.39 is 0 Å². The molecule has 3 heteroatoms. The highest BCUT2D eigenvalue weighted by Gasteiger charge is 2.09. The minimum atomic E-state index is 1.01. The zero-order valence-corrected chi connectivity index (χ0v) is 10.3. The molecule has 1 aromatic heterocycles. The van der Waals surface area contributed by atoms with E-state index in [4.69, 9.17) is 0 Å². The second-order valence-corrected chi connectivity index (χ2v) is 4.46. The van der Waals surface area contributed by atoms with Crippen LogP contribution in [0.3, 0.4) is 0 Å². The Balaban J connectivity index is 1.82. The number of nitrogens with zero attached hydrogens (tertiary/aromatic N) is 1. The van der Waals surface area contributed by atoms with Gasteiger partial charge in [0.2, 0.25) is 0 Å². The highest BCUT2D eigenvalue weighted by Crippen LogP contribution is 2.20. The number of pyridine rings is 1. The summed E-state index contributed by atoms with van der Waals surface area (Å²) in [4.78, 5) is 4.68. The van der Waals surface area contributed by atoms with Crippen molar-refractivity contribution in [2.45, 2.75) is 32.1 Å². The van der Waals surface area contributed by atoms with Gasteiger partial charge in [0.25, 0.3) is 0 Å². The first-order chi connectivity index (χ1) is 8.40. The molecule has 0 spiro atoms. The lowest BCUT2D eigenvalue weighted by molar-refractivity contribution is 0.686. The third kappa shape index (κ3) is 3.48. The van der Waals surface area contributed by atoms with E-state index in [2.05, 4.69) is 34.3 Å². The van der Waals surface area contributed by atoms with Crippen LogP contribution in [0.1, 0.15) is 30.5 Å². The van der Waals surface area contributed by atoms with E-state index in [1.807, 2.05) is 0 Å². The summed E-state index contributed by atoms with van der Waals surface area (Å²) < 4.78 is 0. The maximum atomic E-state index is 4.68. The van der Waals surface area contributed by atoms with Gasteiger partial charge in [-0.05, 0) is 49.9 Å². The predicted molar refractivity (Wildman–Crippen MR) is 72.2 cm³/mol. The average molecular weight is 231 g/mol. The zero-order valence-electron chi connectivity index (χ0n) is 10.3. The first kappa shape index (κ1) is 12.0. The van der Waals surface area contributed by atoms with E-state index in [1.54, 1.807) is 6.20 Å². The van der Waals surface area contributed by atoms with Gasteiger partial charge in [0.05, 0.1) is 0 Å². The maximum absolute atomic E-state index is 4.68. The van der Waals surface area contributed by atoms with Crippen molar-refractivity contribution in [3.8, 4) is 0 Å². The number of hydrogen-bond donors (Lipinski definition) is 2. The molecule has 0 unspecified atom stereocenters. The van der Waals surface area contributed by atoms with Crippen LogP contribution in [0, 0.1) is 0 Å². The van der Waals surface area contributed by atoms with E-state index in [9.17, 15) is 0 Å². The molecule has 0 fully saturated rings. The molecule has 2 rings (SSSR count). The average Bonchev–Trinajstić information content (AvgIpc) is 2.38. The van der Waals surface area contributed by atoms with Crippen molar-refractivity contribution in [3.63, 3.8) is 0 Å². The molecule has 0 radical (unpaired) electrons. The first-order valence-corrected chi connectivity index (χ1v) is 6.47. The second-order valence-electron chi connectivity index (χ2n) is 4.46. The van der Waals surface area contributed by atoms with Gasteiger partial charge in [-0.2, -0.15) is 0 Å². The molecule has 2 N–H and O–H groups in total. The molecule has 0 atom stereocenters. The van der Waals surface area contributed by atoms with Gasteiger partial charge in [-0.15, -0.1) is 0 Å². The van der Waals surface area contributed by atoms with Crippen molar-refractivity contribution in [1.82, 2.24) is 10.3 Å². The Labute approximate surface area is 103 Å². The van der Waals surface area contributed by atoms with E-state index in [0.29, 0.717) is 0 Å².